The largest absolute Gasteiger partial charge is 0.466 e. The zero-order valence-electron chi connectivity index (χ0n) is 23.9. The van der Waals surface area contributed by atoms with Crippen LogP contribution in [0.4, 0.5) is 0 Å². The van der Waals surface area contributed by atoms with Gasteiger partial charge in [-0.3, -0.25) is 9.59 Å². The summed E-state index contributed by atoms with van der Waals surface area (Å²) in [6.45, 7) is 6.91. The molecule has 0 saturated heterocycles. The summed E-state index contributed by atoms with van der Waals surface area (Å²) in [4.78, 5) is 23.7. The lowest BCUT2D eigenvalue weighted by Gasteiger charge is -2.15. The van der Waals surface area contributed by atoms with Crippen molar-refractivity contribution >= 4 is 11.9 Å². The van der Waals surface area contributed by atoms with E-state index in [2.05, 4.69) is 13.8 Å². The molecule has 0 aliphatic carbocycles. The van der Waals surface area contributed by atoms with Crippen LogP contribution in [0.5, 0.6) is 0 Å². The molecule has 1 atom stereocenters. The van der Waals surface area contributed by atoms with Gasteiger partial charge < -0.3 is 9.47 Å². The summed E-state index contributed by atoms with van der Waals surface area (Å²) in [7, 11) is 0. The van der Waals surface area contributed by atoms with E-state index in [9.17, 15) is 9.59 Å². The van der Waals surface area contributed by atoms with E-state index < -0.39 is 0 Å². The van der Waals surface area contributed by atoms with Crippen LogP contribution >= 0.6 is 0 Å². The van der Waals surface area contributed by atoms with Gasteiger partial charge >= 0.3 is 11.9 Å². The maximum atomic E-state index is 11.9. The highest BCUT2D eigenvalue weighted by molar-refractivity contribution is 5.77. The van der Waals surface area contributed by atoms with Crippen molar-refractivity contribution in [2.24, 2.45) is 0 Å². The highest BCUT2D eigenvalue weighted by Gasteiger charge is 2.14. The van der Waals surface area contributed by atoms with Crippen molar-refractivity contribution in [2.75, 3.05) is 6.61 Å². The van der Waals surface area contributed by atoms with E-state index >= 15 is 0 Å². The lowest BCUT2D eigenvalue weighted by Crippen LogP contribution is -2.18. The third kappa shape index (κ3) is 25.8. The summed E-state index contributed by atoms with van der Waals surface area (Å²) in [6, 6.07) is 0. The molecule has 35 heavy (non-hydrogen) atoms. The Morgan fingerprint density at radius 1 is 0.514 bits per heavy atom. The van der Waals surface area contributed by atoms with Crippen molar-refractivity contribution < 1.29 is 19.1 Å². The third-order valence-corrected chi connectivity index (χ3v) is 6.93. The molecule has 0 saturated carbocycles. The highest BCUT2D eigenvalue weighted by Crippen LogP contribution is 2.14. The number of unbranched alkanes of at least 4 members (excludes halogenated alkanes) is 18. The van der Waals surface area contributed by atoms with E-state index in [0.717, 1.165) is 38.5 Å². The quantitative estimate of drug-likeness (QED) is 0.0838. The first-order valence-corrected chi connectivity index (χ1v) is 15.5. The molecule has 0 N–H and O–H groups in total. The van der Waals surface area contributed by atoms with Crippen LogP contribution < -0.4 is 0 Å². The topological polar surface area (TPSA) is 52.6 Å². The van der Waals surface area contributed by atoms with Crippen LogP contribution in [-0.4, -0.2) is 24.6 Å². The molecule has 0 heterocycles. The molecule has 0 aliphatic rings. The second kappa shape index (κ2) is 27.5. The van der Waals surface area contributed by atoms with Gasteiger partial charge in [0.25, 0.3) is 0 Å². The predicted octanol–water partition coefficient (Wildman–Crippen LogP) is 9.86. The second-order valence-electron chi connectivity index (χ2n) is 10.4. The van der Waals surface area contributed by atoms with Gasteiger partial charge in [-0.05, 0) is 19.3 Å². The zero-order valence-corrected chi connectivity index (χ0v) is 23.9. The van der Waals surface area contributed by atoms with E-state index in [0.29, 0.717) is 6.61 Å². The van der Waals surface area contributed by atoms with Gasteiger partial charge in [-0.25, -0.2) is 0 Å². The molecule has 0 bridgehead atoms. The van der Waals surface area contributed by atoms with E-state index in [1.165, 1.54) is 103 Å². The molecule has 208 valence electrons. The summed E-state index contributed by atoms with van der Waals surface area (Å²) >= 11 is 0. The minimum absolute atomic E-state index is 0.0156. The van der Waals surface area contributed by atoms with Gasteiger partial charge in [0.1, 0.15) is 6.10 Å². The Morgan fingerprint density at radius 2 is 0.914 bits per heavy atom. The second-order valence-corrected chi connectivity index (χ2v) is 10.4. The van der Waals surface area contributed by atoms with Crippen molar-refractivity contribution in [3.8, 4) is 0 Å². The Kier molecular flexibility index (Phi) is 26.7. The highest BCUT2D eigenvalue weighted by atomic mass is 16.5. The lowest BCUT2D eigenvalue weighted by atomic mass is 10.0. The Bertz CT molecular complexity index is 463. The molecule has 4 heteroatoms. The fourth-order valence-corrected chi connectivity index (χ4v) is 4.49. The van der Waals surface area contributed by atoms with E-state index in [-0.39, 0.29) is 30.9 Å². The maximum absolute atomic E-state index is 11.9. The van der Waals surface area contributed by atoms with Crippen LogP contribution in [0.1, 0.15) is 175 Å². The number of rotatable bonds is 27. The van der Waals surface area contributed by atoms with E-state index in [4.69, 9.17) is 9.47 Å². The standard InChI is InChI=1S/C31H60O4/c1-4-7-9-10-11-12-13-14-15-16-17-18-19-20-21-22-23-24-28-34-30(32)26-27-31(33)35-29(6-3)25-8-5-2/h29H,4-28H2,1-3H3. The fraction of sp³-hybridized carbons (Fsp3) is 0.935. The Hall–Kier alpha value is -1.06. The first kappa shape index (κ1) is 33.9. The molecule has 0 aromatic heterocycles. The van der Waals surface area contributed by atoms with Gasteiger partial charge in [0.2, 0.25) is 0 Å². The molecular weight excluding hydrogens is 436 g/mol. The number of ether oxygens (including phenoxy) is 2. The van der Waals surface area contributed by atoms with Gasteiger partial charge in [-0.2, -0.15) is 0 Å². The van der Waals surface area contributed by atoms with Crippen LogP contribution in [0, 0.1) is 0 Å². The average molecular weight is 497 g/mol. The lowest BCUT2D eigenvalue weighted by molar-refractivity contribution is -0.154. The molecule has 0 amide bonds. The van der Waals surface area contributed by atoms with Crippen LogP contribution in [0.15, 0.2) is 0 Å². The number of esters is 2. The van der Waals surface area contributed by atoms with Crippen LogP contribution in [0.25, 0.3) is 0 Å². The molecule has 0 fully saturated rings. The number of carbonyl (C=O) groups is 2. The van der Waals surface area contributed by atoms with E-state index in [1.54, 1.807) is 0 Å². The smallest absolute Gasteiger partial charge is 0.306 e. The molecule has 0 radical (unpaired) electrons. The van der Waals surface area contributed by atoms with Crippen LogP contribution in [0.2, 0.25) is 0 Å². The Labute approximate surface area is 218 Å². The van der Waals surface area contributed by atoms with Gasteiger partial charge in [0.05, 0.1) is 19.4 Å². The summed E-state index contributed by atoms with van der Waals surface area (Å²) in [5.74, 6) is -0.561. The van der Waals surface area contributed by atoms with Gasteiger partial charge in [0, 0.05) is 0 Å². The number of hydrogen-bond acceptors (Lipinski definition) is 4. The fourth-order valence-electron chi connectivity index (χ4n) is 4.49. The molecule has 0 aromatic rings. The molecular formula is C31H60O4. The molecule has 4 nitrogen and oxygen atoms in total. The van der Waals surface area contributed by atoms with Crippen molar-refractivity contribution in [1.29, 1.82) is 0 Å². The van der Waals surface area contributed by atoms with Gasteiger partial charge in [-0.15, -0.1) is 0 Å². The Balaban J connectivity index is 3.33. The van der Waals surface area contributed by atoms with E-state index in [1.807, 2.05) is 6.92 Å². The maximum Gasteiger partial charge on any atom is 0.306 e. The summed E-state index contributed by atoms with van der Waals surface area (Å²) in [5.41, 5.74) is 0. The van der Waals surface area contributed by atoms with Crippen molar-refractivity contribution in [1.82, 2.24) is 0 Å². The van der Waals surface area contributed by atoms with Crippen molar-refractivity contribution in [2.45, 2.75) is 181 Å². The minimum atomic E-state index is -0.282. The average Bonchev–Trinajstić information content (AvgIpc) is 2.86. The minimum Gasteiger partial charge on any atom is -0.466 e. The first-order chi connectivity index (χ1) is 17.1. The summed E-state index contributed by atoms with van der Waals surface area (Å²) < 4.78 is 10.7. The molecule has 0 rings (SSSR count). The van der Waals surface area contributed by atoms with Crippen molar-refractivity contribution in [3.05, 3.63) is 0 Å². The SMILES string of the molecule is CCCCCCCCCCCCCCCCCCCCOC(=O)CCC(=O)OC(CC)CCCC. The number of carbonyl (C=O) groups excluding carboxylic acids is 2. The molecule has 0 spiro atoms. The third-order valence-electron chi connectivity index (χ3n) is 6.93. The Morgan fingerprint density at radius 3 is 1.34 bits per heavy atom. The molecule has 0 aliphatic heterocycles. The summed E-state index contributed by atoms with van der Waals surface area (Å²) in [6.07, 6.45) is 28.4. The first-order valence-electron chi connectivity index (χ1n) is 15.5. The summed E-state index contributed by atoms with van der Waals surface area (Å²) in [5, 5.41) is 0. The normalized spacial score (nSPS) is 12.0. The van der Waals surface area contributed by atoms with Crippen LogP contribution in [-0.2, 0) is 19.1 Å². The zero-order chi connectivity index (χ0) is 25.8. The van der Waals surface area contributed by atoms with Gasteiger partial charge in [0.15, 0.2) is 0 Å². The molecule has 1 unspecified atom stereocenters. The van der Waals surface area contributed by atoms with Gasteiger partial charge in [-0.1, -0.05) is 143 Å². The molecule has 0 aromatic carbocycles. The predicted molar refractivity (Wildman–Crippen MR) is 149 cm³/mol. The van der Waals surface area contributed by atoms with Crippen LogP contribution in [0.3, 0.4) is 0 Å². The monoisotopic (exact) mass is 496 g/mol. The number of hydrogen-bond donors (Lipinski definition) is 0. The van der Waals surface area contributed by atoms with Crippen molar-refractivity contribution in [3.63, 3.8) is 0 Å².